The van der Waals surface area contributed by atoms with E-state index in [9.17, 15) is 9.59 Å². The molecular weight excluding hydrogens is 376 g/mol. The fraction of sp³-hybridized carbons (Fsp3) is 0.200. The van der Waals surface area contributed by atoms with E-state index < -0.39 is 0 Å². The molecule has 0 radical (unpaired) electrons. The average molecular weight is 396 g/mol. The van der Waals surface area contributed by atoms with E-state index in [2.05, 4.69) is 20.6 Å². The molecule has 0 spiro atoms. The summed E-state index contributed by atoms with van der Waals surface area (Å²) in [4.78, 5) is 32.4. The number of anilines is 1. The second kappa shape index (κ2) is 9.61. The molecule has 2 amide bonds. The molecule has 0 saturated heterocycles. The maximum absolute atomic E-state index is 12.3. The monoisotopic (exact) mass is 396 g/mol. The summed E-state index contributed by atoms with van der Waals surface area (Å²) in [6, 6.07) is 12.5. The summed E-state index contributed by atoms with van der Waals surface area (Å²) in [5, 5.41) is 8.14. The largest absolute Gasteiger partial charge is 0.484 e. The van der Waals surface area contributed by atoms with Gasteiger partial charge < -0.3 is 15.4 Å². The highest BCUT2D eigenvalue weighted by atomic mass is 32.1. The Morgan fingerprint density at radius 3 is 2.64 bits per heavy atom. The molecule has 0 atom stereocenters. The summed E-state index contributed by atoms with van der Waals surface area (Å²) in [6.07, 6.45) is 1.89. The number of hydrogen-bond donors (Lipinski definition) is 2. The Balaban J connectivity index is 1.51. The first-order valence-corrected chi connectivity index (χ1v) is 9.67. The molecule has 3 aromatic rings. The van der Waals surface area contributed by atoms with Crippen molar-refractivity contribution in [3.8, 4) is 16.5 Å². The molecule has 28 heavy (non-hydrogen) atoms. The Morgan fingerprint density at radius 1 is 1.11 bits per heavy atom. The van der Waals surface area contributed by atoms with Crippen LogP contribution in [0, 0.1) is 0 Å². The lowest BCUT2D eigenvalue weighted by Gasteiger charge is -2.08. The number of thiazole rings is 1. The Bertz CT molecular complexity index is 926. The van der Waals surface area contributed by atoms with E-state index in [1.807, 2.05) is 30.5 Å². The van der Waals surface area contributed by atoms with E-state index in [0.717, 1.165) is 10.7 Å². The van der Waals surface area contributed by atoms with Crippen LogP contribution in [0.25, 0.3) is 10.7 Å². The minimum Gasteiger partial charge on any atom is -0.484 e. The second-order valence-electron chi connectivity index (χ2n) is 5.85. The van der Waals surface area contributed by atoms with Crippen molar-refractivity contribution >= 4 is 28.8 Å². The smallest absolute Gasteiger partial charge is 0.257 e. The summed E-state index contributed by atoms with van der Waals surface area (Å²) in [5.41, 5.74) is 2.14. The minimum atomic E-state index is -0.173. The Labute approximate surface area is 166 Å². The first-order valence-electron chi connectivity index (χ1n) is 8.79. The number of carbonyl (C=O) groups excluding carboxylic acids is 2. The van der Waals surface area contributed by atoms with Crippen LogP contribution in [0.3, 0.4) is 0 Å². The van der Waals surface area contributed by atoms with Crippen molar-refractivity contribution in [2.24, 2.45) is 0 Å². The van der Waals surface area contributed by atoms with E-state index in [1.165, 1.54) is 11.3 Å². The first kappa shape index (κ1) is 19.5. The van der Waals surface area contributed by atoms with Gasteiger partial charge in [-0.2, -0.15) is 0 Å². The van der Waals surface area contributed by atoms with Gasteiger partial charge in [-0.15, -0.1) is 11.3 Å². The molecule has 8 heteroatoms. The number of benzene rings is 1. The van der Waals surface area contributed by atoms with Gasteiger partial charge in [-0.3, -0.25) is 14.6 Å². The van der Waals surface area contributed by atoms with E-state index in [1.54, 1.807) is 30.5 Å². The van der Waals surface area contributed by atoms with Crippen LogP contribution in [0.4, 0.5) is 5.69 Å². The van der Waals surface area contributed by atoms with Crippen LogP contribution in [-0.2, 0) is 16.0 Å². The van der Waals surface area contributed by atoms with E-state index >= 15 is 0 Å². The van der Waals surface area contributed by atoms with Gasteiger partial charge in [0, 0.05) is 23.8 Å². The molecule has 1 aromatic carbocycles. The molecule has 0 unspecified atom stereocenters. The van der Waals surface area contributed by atoms with Crippen molar-refractivity contribution in [3.63, 3.8) is 0 Å². The third kappa shape index (κ3) is 5.62. The van der Waals surface area contributed by atoms with Gasteiger partial charge in [0.2, 0.25) is 5.91 Å². The van der Waals surface area contributed by atoms with Crippen molar-refractivity contribution in [2.45, 2.75) is 13.3 Å². The number of amides is 2. The van der Waals surface area contributed by atoms with E-state index in [-0.39, 0.29) is 24.8 Å². The van der Waals surface area contributed by atoms with Crippen LogP contribution in [0.1, 0.15) is 12.6 Å². The highest BCUT2D eigenvalue weighted by molar-refractivity contribution is 7.13. The number of carbonyl (C=O) groups is 2. The van der Waals surface area contributed by atoms with Gasteiger partial charge in [0.25, 0.3) is 5.91 Å². The molecule has 0 bridgehead atoms. The summed E-state index contributed by atoms with van der Waals surface area (Å²) in [6.45, 7) is 2.37. The molecule has 144 valence electrons. The molecule has 7 nitrogen and oxygen atoms in total. The fourth-order valence-electron chi connectivity index (χ4n) is 2.40. The SMILES string of the molecule is CCNC(=O)COc1ccc(NC(=O)Cc2csc(-c3ccccn3)n2)cc1. The van der Waals surface area contributed by atoms with Crippen LogP contribution >= 0.6 is 11.3 Å². The predicted molar refractivity (Wildman–Crippen MR) is 108 cm³/mol. The van der Waals surface area contributed by atoms with Crippen molar-refractivity contribution in [1.29, 1.82) is 0 Å². The summed E-state index contributed by atoms with van der Waals surface area (Å²) < 4.78 is 5.38. The zero-order valence-corrected chi connectivity index (χ0v) is 16.2. The van der Waals surface area contributed by atoms with Gasteiger partial charge >= 0.3 is 0 Å². The molecular formula is C20H20N4O3S. The summed E-state index contributed by atoms with van der Waals surface area (Å²) >= 11 is 1.46. The lowest BCUT2D eigenvalue weighted by molar-refractivity contribution is -0.123. The van der Waals surface area contributed by atoms with Crippen LogP contribution in [0.15, 0.2) is 54.0 Å². The predicted octanol–water partition coefficient (Wildman–Crippen LogP) is 2.90. The number of nitrogens with zero attached hydrogens (tertiary/aromatic N) is 2. The standard InChI is InChI=1S/C20H20N4O3S/c1-2-21-19(26)12-27-16-8-6-14(7-9-16)23-18(25)11-15-13-28-20(24-15)17-5-3-4-10-22-17/h3-10,13H,2,11-12H2,1H3,(H,21,26)(H,23,25). The minimum absolute atomic E-state index is 0.0397. The molecule has 2 aromatic heterocycles. The quantitative estimate of drug-likeness (QED) is 0.611. The number of hydrogen-bond acceptors (Lipinski definition) is 6. The lowest BCUT2D eigenvalue weighted by Crippen LogP contribution is -2.28. The zero-order chi connectivity index (χ0) is 19.8. The Kier molecular flexibility index (Phi) is 6.69. The molecule has 2 N–H and O–H groups in total. The van der Waals surface area contributed by atoms with Gasteiger partial charge in [0.15, 0.2) is 6.61 Å². The van der Waals surface area contributed by atoms with Crippen molar-refractivity contribution in [2.75, 3.05) is 18.5 Å². The normalized spacial score (nSPS) is 10.3. The van der Waals surface area contributed by atoms with Crippen LogP contribution < -0.4 is 15.4 Å². The molecule has 0 aliphatic carbocycles. The number of nitrogens with one attached hydrogen (secondary N) is 2. The van der Waals surface area contributed by atoms with Crippen LogP contribution in [0.2, 0.25) is 0 Å². The van der Waals surface area contributed by atoms with Gasteiger partial charge in [0.05, 0.1) is 17.8 Å². The second-order valence-corrected chi connectivity index (χ2v) is 6.71. The maximum Gasteiger partial charge on any atom is 0.257 e. The highest BCUT2D eigenvalue weighted by Crippen LogP contribution is 2.22. The van der Waals surface area contributed by atoms with Crippen molar-refractivity contribution in [1.82, 2.24) is 15.3 Å². The Morgan fingerprint density at radius 2 is 1.93 bits per heavy atom. The average Bonchev–Trinajstić information content (AvgIpc) is 3.17. The fourth-order valence-corrected chi connectivity index (χ4v) is 3.19. The molecule has 0 aliphatic heterocycles. The van der Waals surface area contributed by atoms with Crippen molar-refractivity contribution < 1.29 is 14.3 Å². The van der Waals surface area contributed by atoms with Gasteiger partial charge in [-0.1, -0.05) is 6.07 Å². The molecule has 0 aliphatic rings. The third-order valence-corrected chi connectivity index (χ3v) is 4.57. The van der Waals surface area contributed by atoms with Gasteiger partial charge in [-0.05, 0) is 43.3 Å². The number of pyridine rings is 1. The molecule has 0 saturated carbocycles. The van der Waals surface area contributed by atoms with Gasteiger partial charge in [0.1, 0.15) is 10.8 Å². The molecule has 0 fully saturated rings. The van der Waals surface area contributed by atoms with Crippen LogP contribution in [0.5, 0.6) is 5.75 Å². The number of likely N-dealkylation sites (N-methyl/N-ethyl adjacent to an activating group) is 1. The van der Waals surface area contributed by atoms with Gasteiger partial charge in [-0.25, -0.2) is 4.98 Å². The number of aromatic nitrogens is 2. The zero-order valence-electron chi connectivity index (χ0n) is 15.3. The lowest BCUT2D eigenvalue weighted by atomic mass is 10.2. The molecule has 3 rings (SSSR count). The van der Waals surface area contributed by atoms with E-state index in [4.69, 9.17) is 4.74 Å². The molecule has 2 heterocycles. The summed E-state index contributed by atoms with van der Waals surface area (Å²) in [5.74, 6) is 0.228. The van der Waals surface area contributed by atoms with E-state index in [0.29, 0.717) is 23.7 Å². The third-order valence-electron chi connectivity index (χ3n) is 3.66. The number of ether oxygens (including phenoxy) is 1. The van der Waals surface area contributed by atoms with Crippen molar-refractivity contribution in [3.05, 3.63) is 59.7 Å². The first-order chi connectivity index (χ1) is 13.6. The Hall–Kier alpha value is -3.26. The van der Waals surface area contributed by atoms with Crippen LogP contribution in [-0.4, -0.2) is 34.9 Å². The maximum atomic E-state index is 12.3. The number of rotatable bonds is 8. The topological polar surface area (TPSA) is 93.2 Å². The summed E-state index contributed by atoms with van der Waals surface area (Å²) in [7, 11) is 0. The highest BCUT2D eigenvalue weighted by Gasteiger charge is 2.10.